The van der Waals surface area contributed by atoms with E-state index in [1.807, 2.05) is 96.8 Å². The average Bonchev–Trinajstić information content (AvgIpc) is 3.22. The Balaban J connectivity index is 1.67. The Bertz CT molecular complexity index is 1210. The van der Waals surface area contributed by atoms with E-state index in [1.165, 1.54) is 7.11 Å². The number of ether oxygens (including phenoxy) is 1. The van der Waals surface area contributed by atoms with Crippen molar-refractivity contribution in [2.75, 3.05) is 12.1 Å². The van der Waals surface area contributed by atoms with Crippen molar-refractivity contribution in [3.05, 3.63) is 102 Å². The molecule has 2 aliphatic heterocycles. The van der Waals surface area contributed by atoms with Crippen molar-refractivity contribution in [3.8, 4) is 0 Å². The minimum absolute atomic E-state index is 0.0703. The molecule has 0 unspecified atom stereocenters. The van der Waals surface area contributed by atoms with E-state index in [1.54, 1.807) is 5.01 Å². The van der Waals surface area contributed by atoms with Gasteiger partial charge < -0.3 is 9.64 Å². The van der Waals surface area contributed by atoms with Crippen LogP contribution in [0.15, 0.2) is 90.0 Å². The van der Waals surface area contributed by atoms with Crippen LogP contribution in [0.1, 0.15) is 35.6 Å². The van der Waals surface area contributed by atoms with Gasteiger partial charge in [0.1, 0.15) is 6.04 Å². The van der Waals surface area contributed by atoms with Crippen molar-refractivity contribution in [3.63, 3.8) is 0 Å². The number of para-hydroxylation sites is 1. The summed E-state index contributed by atoms with van der Waals surface area (Å²) in [5, 5.41) is 6.41. The lowest BCUT2D eigenvalue weighted by Crippen LogP contribution is -2.47. The molecule has 0 saturated carbocycles. The molecule has 0 aromatic heterocycles. The Morgan fingerprint density at radius 1 is 0.970 bits per heavy atom. The van der Waals surface area contributed by atoms with Gasteiger partial charge in [0, 0.05) is 6.54 Å². The lowest BCUT2D eigenvalue weighted by Gasteiger charge is -2.33. The quantitative estimate of drug-likeness (QED) is 0.569. The molecule has 33 heavy (non-hydrogen) atoms. The number of hydrogen-bond acceptors (Lipinski definition) is 5. The van der Waals surface area contributed by atoms with Crippen LogP contribution in [0.5, 0.6) is 0 Å². The molecule has 1 amide bonds. The molecule has 2 heterocycles. The van der Waals surface area contributed by atoms with Crippen molar-refractivity contribution in [1.82, 2.24) is 4.90 Å². The summed E-state index contributed by atoms with van der Waals surface area (Å²) in [6.45, 7) is 2.50. The second kappa shape index (κ2) is 8.54. The van der Waals surface area contributed by atoms with Crippen molar-refractivity contribution < 1.29 is 14.3 Å². The van der Waals surface area contributed by atoms with E-state index in [-0.39, 0.29) is 17.7 Å². The maximum atomic E-state index is 14.2. The lowest BCUT2D eigenvalue weighted by molar-refractivity contribution is -0.135. The Hall–Kier alpha value is -3.93. The molecule has 6 heteroatoms. The zero-order valence-electron chi connectivity index (χ0n) is 18.6. The highest BCUT2D eigenvalue weighted by molar-refractivity contribution is 6.40. The van der Waals surface area contributed by atoms with Gasteiger partial charge in [-0.15, -0.1) is 0 Å². The van der Waals surface area contributed by atoms with Crippen LogP contribution < -0.4 is 5.01 Å². The fourth-order valence-electron chi connectivity index (χ4n) is 4.79. The molecule has 3 aromatic carbocycles. The van der Waals surface area contributed by atoms with Gasteiger partial charge in [0.25, 0.3) is 0 Å². The Morgan fingerprint density at radius 2 is 1.61 bits per heavy atom. The van der Waals surface area contributed by atoms with E-state index in [9.17, 15) is 9.59 Å². The number of anilines is 1. The summed E-state index contributed by atoms with van der Waals surface area (Å²) in [5.74, 6) is -1.13. The van der Waals surface area contributed by atoms with Crippen molar-refractivity contribution in [1.29, 1.82) is 0 Å². The fourth-order valence-corrected chi connectivity index (χ4v) is 4.79. The van der Waals surface area contributed by atoms with Gasteiger partial charge >= 0.3 is 5.97 Å². The fraction of sp³-hybridized carbons (Fsp3) is 0.222. The normalized spacial score (nSPS) is 20.4. The lowest BCUT2D eigenvalue weighted by atomic mass is 9.86. The van der Waals surface area contributed by atoms with E-state index in [4.69, 9.17) is 4.74 Å². The highest BCUT2D eigenvalue weighted by Crippen LogP contribution is 2.42. The van der Waals surface area contributed by atoms with Gasteiger partial charge in [0.2, 0.25) is 5.91 Å². The monoisotopic (exact) mass is 439 g/mol. The number of rotatable bonds is 4. The number of nitrogens with zero attached hydrogens (tertiary/aromatic N) is 3. The molecule has 0 radical (unpaired) electrons. The minimum atomic E-state index is -0.684. The highest BCUT2D eigenvalue weighted by atomic mass is 16.5. The van der Waals surface area contributed by atoms with Gasteiger partial charge in [0.15, 0.2) is 5.71 Å². The molecular formula is C27H25N3O3. The predicted molar refractivity (Wildman–Crippen MR) is 127 cm³/mol. The Morgan fingerprint density at radius 3 is 2.30 bits per heavy atom. The van der Waals surface area contributed by atoms with Crippen LogP contribution in [0, 0.1) is 0 Å². The number of esters is 1. The van der Waals surface area contributed by atoms with Gasteiger partial charge in [0.05, 0.1) is 24.8 Å². The molecule has 0 saturated heterocycles. The van der Waals surface area contributed by atoms with E-state index in [0.717, 1.165) is 22.4 Å². The molecule has 3 atom stereocenters. The molecule has 0 bridgehead atoms. The number of fused-ring (bicyclic) bond motifs is 3. The molecule has 166 valence electrons. The van der Waals surface area contributed by atoms with Crippen LogP contribution in [0.2, 0.25) is 0 Å². The van der Waals surface area contributed by atoms with Crippen LogP contribution in [0.4, 0.5) is 5.69 Å². The van der Waals surface area contributed by atoms with E-state index >= 15 is 0 Å². The standard InChI is InChI=1S/C27H25N3O3/c1-18(19-11-5-3-6-12-19)29-17-21-15-9-10-16-22(21)30-25(26(29)31)23(20-13-7-4-8-14-20)24(28-30)27(32)33-2/h3-16,18,23,25H,17H2,1-2H3/t18-,23+,25+/m0/s1. The first kappa shape index (κ1) is 20.9. The third kappa shape index (κ3) is 3.57. The number of carbonyl (C=O) groups is 2. The molecule has 0 aliphatic carbocycles. The first-order chi connectivity index (χ1) is 16.1. The van der Waals surface area contributed by atoms with Crippen LogP contribution >= 0.6 is 0 Å². The van der Waals surface area contributed by atoms with E-state index < -0.39 is 17.9 Å². The van der Waals surface area contributed by atoms with Gasteiger partial charge in [-0.1, -0.05) is 78.9 Å². The molecule has 6 nitrogen and oxygen atoms in total. The van der Waals surface area contributed by atoms with Gasteiger partial charge in [-0.05, 0) is 29.7 Å². The number of carbonyl (C=O) groups excluding carboxylic acids is 2. The number of methoxy groups -OCH3 is 1. The summed E-state index contributed by atoms with van der Waals surface area (Å²) >= 11 is 0. The third-order valence-corrected chi connectivity index (χ3v) is 6.51. The third-order valence-electron chi connectivity index (χ3n) is 6.51. The summed E-state index contributed by atoms with van der Waals surface area (Å²) in [7, 11) is 1.34. The van der Waals surface area contributed by atoms with Gasteiger partial charge in [-0.3, -0.25) is 9.80 Å². The maximum absolute atomic E-state index is 14.2. The predicted octanol–water partition coefficient (Wildman–Crippen LogP) is 4.29. The topological polar surface area (TPSA) is 62.2 Å². The maximum Gasteiger partial charge on any atom is 0.354 e. The van der Waals surface area contributed by atoms with Gasteiger partial charge in [-0.25, -0.2) is 4.79 Å². The summed E-state index contributed by atoms with van der Waals surface area (Å²) in [6, 6.07) is 26.6. The molecule has 0 fully saturated rings. The first-order valence-corrected chi connectivity index (χ1v) is 11.0. The van der Waals surface area contributed by atoms with Crippen LogP contribution in [0.25, 0.3) is 0 Å². The summed E-state index contributed by atoms with van der Waals surface area (Å²) < 4.78 is 5.07. The average molecular weight is 440 g/mol. The molecule has 2 aliphatic rings. The zero-order chi connectivity index (χ0) is 22.9. The number of benzene rings is 3. The van der Waals surface area contributed by atoms with Crippen LogP contribution in [0.3, 0.4) is 0 Å². The highest BCUT2D eigenvalue weighted by Gasteiger charge is 2.50. The minimum Gasteiger partial charge on any atom is -0.464 e. The summed E-state index contributed by atoms with van der Waals surface area (Å²) in [4.78, 5) is 28.9. The largest absolute Gasteiger partial charge is 0.464 e. The zero-order valence-corrected chi connectivity index (χ0v) is 18.6. The Labute approximate surface area is 193 Å². The molecule has 0 spiro atoms. The van der Waals surface area contributed by atoms with Crippen LogP contribution in [-0.2, 0) is 20.9 Å². The van der Waals surface area contributed by atoms with E-state index in [0.29, 0.717) is 6.54 Å². The summed E-state index contributed by atoms with van der Waals surface area (Å²) in [6.07, 6.45) is 0. The van der Waals surface area contributed by atoms with Gasteiger partial charge in [-0.2, -0.15) is 5.10 Å². The molecule has 3 aromatic rings. The summed E-state index contributed by atoms with van der Waals surface area (Å²) in [5.41, 5.74) is 3.97. The molecule has 5 rings (SSSR count). The SMILES string of the molecule is COC(=O)C1=NN2c3ccccc3CN([C@@H](C)c3ccccc3)C(=O)[C@H]2[C@@H]1c1ccccc1. The number of hydrogen-bond donors (Lipinski definition) is 0. The smallest absolute Gasteiger partial charge is 0.354 e. The molecule has 0 N–H and O–H groups in total. The van der Waals surface area contributed by atoms with Crippen molar-refractivity contribution in [2.45, 2.75) is 31.5 Å². The van der Waals surface area contributed by atoms with E-state index in [2.05, 4.69) is 5.10 Å². The van der Waals surface area contributed by atoms with Crippen molar-refractivity contribution in [2.24, 2.45) is 5.10 Å². The second-order valence-corrected chi connectivity index (χ2v) is 8.34. The Kier molecular flexibility index (Phi) is 5.42. The number of hydrazone groups is 1. The number of amides is 1. The van der Waals surface area contributed by atoms with Crippen LogP contribution in [-0.4, -0.2) is 35.6 Å². The second-order valence-electron chi connectivity index (χ2n) is 8.34. The molecular weight excluding hydrogens is 414 g/mol. The van der Waals surface area contributed by atoms with Crippen molar-refractivity contribution >= 4 is 23.3 Å². The first-order valence-electron chi connectivity index (χ1n) is 11.0.